The van der Waals surface area contributed by atoms with Gasteiger partial charge in [-0.15, -0.1) is 10.2 Å². The molecular formula is C13H16N4O2. The molecule has 100 valence electrons. The van der Waals surface area contributed by atoms with Crippen LogP contribution in [-0.4, -0.2) is 25.8 Å². The van der Waals surface area contributed by atoms with Gasteiger partial charge in [0.1, 0.15) is 12.1 Å². The summed E-state index contributed by atoms with van der Waals surface area (Å²) in [5.41, 5.74) is 1.18. The molecule has 0 atom stereocenters. The molecule has 6 nitrogen and oxygen atoms in total. The lowest BCUT2D eigenvalue weighted by Gasteiger charge is -2.08. The molecule has 0 saturated heterocycles. The lowest BCUT2D eigenvalue weighted by molar-refractivity contribution is 0.0946. The van der Waals surface area contributed by atoms with E-state index >= 15 is 0 Å². The van der Waals surface area contributed by atoms with Crippen molar-refractivity contribution < 1.29 is 9.90 Å². The van der Waals surface area contributed by atoms with E-state index in [4.69, 9.17) is 0 Å². The molecule has 1 aromatic heterocycles. The molecule has 2 rings (SSSR count). The predicted molar refractivity (Wildman–Crippen MR) is 69.7 cm³/mol. The molecule has 2 N–H and O–H groups in total. The summed E-state index contributed by atoms with van der Waals surface area (Å²) in [4.78, 5) is 12.0. The van der Waals surface area contributed by atoms with Crippen molar-refractivity contribution >= 4 is 5.91 Å². The number of aromatic nitrogens is 3. The minimum Gasteiger partial charge on any atom is -0.507 e. The van der Waals surface area contributed by atoms with Gasteiger partial charge in [0.2, 0.25) is 0 Å². The number of carbonyl (C=O) groups excluding carboxylic acids is 1. The summed E-state index contributed by atoms with van der Waals surface area (Å²) in [5.74, 6) is 0.329. The number of amides is 1. The number of aryl methyl sites for hydroxylation is 2. The second-order valence-electron chi connectivity index (χ2n) is 4.24. The van der Waals surface area contributed by atoms with E-state index in [0.717, 1.165) is 12.1 Å². The number of nitrogens with zero attached hydrogens (tertiary/aromatic N) is 3. The van der Waals surface area contributed by atoms with Crippen molar-refractivity contribution in [3.63, 3.8) is 0 Å². The summed E-state index contributed by atoms with van der Waals surface area (Å²) in [6, 6.07) is 4.91. The van der Waals surface area contributed by atoms with Gasteiger partial charge < -0.3 is 15.0 Å². The number of carbonyl (C=O) groups is 1. The number of rotatable bonds is 4. The molecular weight excluding hydrogens is 244 g/mol. The molecule has 0 fully saturated rings. The summed E-state index contributed by atoms with van der Waals surface area (Å²) >= 11 is 0. The molecule has 0 saturated carbocycles. The van der Waals surface area contributed by atoms with Crippen molar-refractivity contribution in [2.45, 2.75) is 26.9 Å². The van der Waals surface area contributed by atoms with Crippen molar-refractivity contribution in [1.29, 1.82) is 0 Å². The lowest BCUT2D eigenvalue weighted by Crippen LogP contribution is -2.24. The van der Waals surface area contributed by atoms with Gasteiger partial charge in [-0.25, -0.2) is 0 Å². The first-order chi connectivity index (χ1) is 9.11. The quantitative estimate of drug-likeness (QED) is 0.866. The van der Waals surface area contributed by atoms with E-state index in [1.54, 1.807) is 18.5 Å². The van der Waals surface area contributed by atoms with Crippen LogP contribution in [0.4, 0.5) is 0 Å². The zero-order valence-corrected chi connectivity index (χ0v) is 10.9. The van der Waals surface area contributed by atoms with Crippen molar-refractivity contribution in [2.75, 3.05) is 0 Å². The fraction of sp³-hybridized carbons (Fsp3) is 0.308. The maximum Gasteiger partial charge on any atom is 0.255 e. The molecule has 0 radical (unpaired) electrons. The second kappa shape index (κ2) is 5.51. The third kappa shape index (κ3) is 2.90. The first-order valence-corrected chi connectivity index (χ1v) is 6.06. The maximum absolute atomic E-state index is 12.0. The number of hydrogen-bond donors (Lipinski definition) is 2. The summed E-state index contributed by atoms with van der Waals surface area (Å²) in [6.45, 7) is 4.86. The van der Waals surface area contributed by atoms with Crippen molar-refractivity contribution in [2.24, 2.45) is 0 Å². The Labute approximate surface area is 111 Å². The monoisotopic (exact) mass is 260 g/mol. The van der Waals surface area contributed by atoms with Crippen molar-refractivity contribution in [1.82, 2.24) is 20.1 Å². The first kappa shape index (κ1) is 13.1. The van der Waals surface area contributed by atoms with Crippen molar-refractivity contribution in [3.8, 4) is 5.75 Å². The highest BCUT2D eigenvalue weighted by Gasteiger charge is 2.12. The zero-order chi connectivity index (χ0) is 13.8. The SMILES string of the molecule is CCn1cnnc1CNC(=O)c1cc(C)ccc1O. The number of hydrogen-bond acceptors (Lipinski definition) is 4. The first-order valence-electron chi connectivity index (χ1n) is 6.06. The highest BCUT2D eigenvalue weighted by Crippen LogP contribution is 2.17. The summed E-state index contributed by atoms with van der Waals surface area (Å²) in [7, 11) is 0. The largest absolute Gasteiger partial charge is 0.507 e. The van der Waals surface area contributed by atoms with Crippen LogP contribution >= 0.6 is 0 Å². The van der Waals surface area contributed by atoms with E-state index in [1.165, 1.54) is 6.07 Å². The van der Waals surface area contributed by atoms with Crippen molar-refractivity contribution in [3.05, 3.63) is 41.5 Å². The fourth-order valence-electron chi connectivity index (χ4n) is 1.77. The molecule has 1 heterocycles. The molecule has 6 heteroatoms. The number of nitrogens with one attached hydrogen (secondary N) is 1. The van der Waals surface area contributed by atoms with Gasteiger partial charge in [-0.3, -0.25) is 4.79 Å². The molecule has 2 aromatic rings. The average molecular weight is 260 g/mol. The standard InChI is InChI=1S/C13H16N4O2/c1-3-17-8-15-16-12(17)7-14-13(19)10-6-9(2)4-5-11(10)18/h4-6,8,18H,3,7H2,1-2H3,(H,14,19). The summed E-state index contributed by atoms with van der Waals surface area (Å²) in [6.07, 6.45) is 1.62. The number of phenols is 1. The van der Waals surface area contributed by atoms with E-state index in [9.17, 15) is 9.90 Å². The van der Waals surface area contributed by atoms with Crippen LogP contribution in [0.1, 0.15) is 28.7 Å². The molecule has 1 amide bonds. The fourth-order valence-corrected chi connectivity index (χ4v) is 1.77. The topological polar surface area (TPSA) is 80.0 Å². The van der Waals surface area contributed by atoms with Crippen LogP contribution in [0, 0.1) is 6.92 Å². The molecule has 0 aliphatic carbocycles. The number of phenolic OH excluding ortho intramolecular Hbond substituents is 1. The highest BCUT2D eigenvalue weighted by molar-refractivity contribution is 5.96. The normalized spacial score (nSPS) is 10.4. The van der Waals surface area contributed by atoms with Crippen LogP contribution in [0.5, 0.6) is 5.75 Å². The van der Waals surface area contributed by atoms with E-state index in [0.29, 0.717) is 5.82 Å². The summed E-state index contributed by atoms with van der Waals surface area (Å²) in [5, 5.41) is 20.1. The van der Waals surface area contributed by atoms with E-state index in [1.807, 2.05) is 18.4 Å². The Bertz CT molecular complexity index is 592. The minimum atomic E-state index is -0.327. The van der Waals surface area contributed by atoms with Gasteiger partial charge >= 0.3 is 0 Å². The third-order valence-corrected chi connectivity index (χ3v) is 2.84. The minimum absolute atomic E-state index is 0.0277. The Morgan fingerprint density at radius 1 is 1.47 bits per heavy atom. The molecule has 0 unspecified atom stereocenters. The smallest absolute Gasteiger partial charge is 0.255 e. The number of aromatic hydroxyl groups is 1. The van der Waals surface area contributed by atoms with Gasteiger partial charge in [-0.1, -0.05) is 11.6 Å². The highest BCUT2D eigenvalue weighted by atomic mass is 16.3. The Kier molecular flexibility index (Phi) is 3.79. The van der Waals surface area contributed by atoms with Crippen LogP contribution in [-0.2, 0) is 13.1 Å². The average Bonchev–Trinajstić information content (AvgIpc) is 2.86. The van der Waals surface area contributed by atoms with Crippen LogP contribution in [0.15, 0.2) is 24.5 Å². The zero-order valence-electron chi connectivity index (χ0n) is 10.9. The van der Waals surface area contributed by atoms with Crippen LogP contribution < -0.4 is 5.32 Å². The summed E-state index contributed by atoms with van der Waals surface area (Å²) < 4.78 is 1.84. The van der Waals surface area contributed by atoms with E-state index in [2.05, 4.69) is 15.5 Å². The molecule has 0 bridgehead atoms. The number of benzene rings is 1. The predicted octanol–water partition coefficient (Wildman–Crippen LogP) is 1.24. The Morgan fingerprint density at radius 3 is 3.00 bits per heavy atom. The van der Waals surface area contributed by atoms with Crippen LogP contribution in [0.25, 0.3) is 0 Å². The van der Waals surface area contributed by atoms with Gasteiger partial charge in [0.05, 0.1) is 12.1 Å². The Hall–Kier alpha value is -2.37. The van der Waals surface area contributed by atoms with E-state index in [-0.39, 0.29) is 23.8 Å². The Balaban J connectivity index is 2.07. The molecule has 0 spiro atoms. The molecule has 0 aliphatic rings. The van der Waals surface area contributed by atoms with E-state index < -0.39 is 0 Å². The lowest BCUT2D eigenvalue weighted by atomic mass is 10.1. The van der Waals surface area contributed by atoms with Gasteiger partial charge in [0, 0.05) is 6.54 Å². The van der Waals surface area contributed by atoms with Gasteiger partial charge in [0.15, 0.2) is 5.82 Å². The van der Waals surface area contributed by atoms with Crippen LogP contribution in [0.2, 0.25) is 0 Å². The Morgan fingerprint density at radius 2 is 2.26 bits per heavy atom. The van der Waals surface area contributed by atoms with Gasteiger partial charge in [-0.2, -0.15) is 0 Å². The second-order valence-corrected chi connectivity index (χ2v) is 4.24. The molecule has 0 aliphatic heterocycles. The van der Waals surface area contributed by atoms with Crippen LogP contribution in [0.3, 0.4) is 0 Å². The molecule has 19 heavy (non-hydrogen) atoms. The van der Waals surface area contributed by atoms with Gasteiger partial charge in [-0.05, 0) is 26.0 Å². The van der Waals surface area contributed by atoms with Gasteiger partial charge in [0.25, 0.3) is 5.91 Å². The molecule has 1 aromatic carbocycles. The third-order valence-electron chi connectivity index (χ3n) is 2.84. The maximum atomic E-state index is 12.0.